The van der Waals surface area contributed by atoms with Gasteiger partial charge in [-0.25, -0.2) is 5.48 Å². The molecule has 0 radical (unpaired) electrons. The van der Waals surface area contributed by atoms with E-state index >= 15 is 0 Å². The molecular formula is C20H27N3O6. The summed E-state index contributed by atoms with van der Waals surface area (Å²) in [5.74, 6) is -0.300. The number of anilines is 1. The highest BCUT2D eigenvalue weighted by atomic mass is 16.5. The number of hydrogen-bond donors (Lipinski definition) is 3. The molecule has 0 aromatic heterocycles. The van der Waals surface area contributed by atoms with Gasteiger partial charge in [0.25, 0.3) is 0 Å². The van der Waals surface area contributed by atoms with Crippen LogP contribution in [0.1, 0.15) is 50.5 Å². The molecule has 9 nitrogen and oxygen atoms in total. The van der Waals surface area contributed by atoms with Gasteiger partial charge in [0.05, 0.1) is 12.8 Å². The minimum atomic E-state index is -0.476. The minimum Gasteiger partial charge on any atom is -0.504 e. The summed E-state index contributed by atoms with van der Waals surface area (Å²) in [6, 6.07) is 2.74. The highest BCUT2D eigenvalue weighted by Crippen LogP contribution is 2.39. The van der Waals surface area contributed by atoms with E-state index < -0.39 is 11.9 Å². The molecular weight excluding hydrogens is 378 g/mol. The van der Waals surface area contributed by atoms with Crippen LogP contribution in [0.15, 0.2) is 12.1 Å². The highest BCUT2D eigenvalue weighted by Gasteiger charge is 2.41. The molecule has 1 fully saturated rings. The van der Waals surface area contributed by atoms with E-state index in [2.05, 4.69) is 0 Å². The average molecular weight is 405 g/mol. The van der Waals surface area contributed by atoms with Crippen LogP contribution < -0.4 is 15.1 Å². The maximum atomic E-state index is 13.2. The van der Waals surface area contributed by atoms with Crippen LogP contribution in [0.25, 0.3) is 0 Å². The normalized spacial score (nSPS) is 18.3. The van der Waals surface area contributed by atoms with Crippen molar-refractivity contribution in [1.29, 1.82) is 0 Å². The van der Waals surface area contributed by atoms with Gasteiger partial charge < -0.3 is 19.6 Å². The second-order valence-electron chi connectivity index (χ2n) is 7.42. The van der Waals surface area contributed by atoms with Gasteiger partial charge in [0.1, 0.15) is 6.04 Å². The molecule has 2 aliphatic heterocycles. The van der Waals surface area contributed by atoms with Crippen molar-refractivity contribution in [2.45, 2.75) is 57.5 Å². The second-order valence-corrected chi connectivity index (χ2v) is 7.42. The summed E-state index contributed by atoms with van der Waals surface area (Å²) in [7, 11) is 1.45. The van der Waals surface area contributed by atoms with E-state index in [4.69, 9.17) is 9.94 Å². The number of rotatable bonds is 8. The molecule has 1 saturated heterocycles. The molecule has 3 rings (SSSR count). The number of benzene rings is 1. The van der Waals surface area contributed by atoms with Crippen molar-refractivity contribution < 1.29 is 29.4 Å². The van der Waals surface area contributed by atoms with Gasteiger partial charge in [-0.1, -0.05) is 12.8 Å². The molecule has 0 spiro atoms. The molecule has 158 valence electrons. The summed E-state index contributed by atoms with van der Waals surface area (Å²) in [5.41, 5.74) is 2.99. The Kier molecular flexibility index (Phi) is 6.58. The molecule has 2 heterocycles. The van der Waals surface area contributed by atoms with Crippen molar-refractivity contribution in [3.05, 3.63) is 17.7 Å². The van der Waals surface area contributed by atoms with Crippen LogP contribution in [0.2, 0.25) is 0 Å². The maximum absolute atomic E-state index is 13.2. The summed E-state index contributed by atoms with van der Waals surface area (Å²) >= 11 is 0. The Morgan fingerprint density at radius 1 is 1.24 bits per heavy atom. The Hall–Kier alpha value is -2.81. The maximum Gasteiger partial charge on any atom is 0.249 e. The van der Waals surface area contributed by atoms with Crippen LogP contribution in [0.4, 0.5) is 5.69 Å². The van der Waals surface area contributed by atoms with Crippen LogP contribution >= 0.6 is 0 Å². The van der Waals surface area contributed by atoms with Gasteiger partial charge in [-0.15, -0.1) is 0 Å². The standard InChI is InChI=1S/C20H27N3O6/c1-29-17-11-15-13(10-16(17)24)12-23-14(7-8-19(23)26)20(27)22(15)9-5-3-2-4-6-18(25)21-28/h10-11,14,24,28H,2-9,12H2,1H3,(H,21,25)/t14-/m0/s1. The lowest BCUT2D eigenvalue weighted by Gasteiger charge is -2.26. The van der Waals surface area contributed by atoms with E-state index in [1.165, 1.54) is 7.11 Å². The number of nitrogens with one attached hydrogen (secondary N) is 1. The number of fused-ring (bicyclic) bond motifs is 2. The van der Waals surface area contributed by atoms with Gasteiger partial charge in [0.15, 0.2) is 11.5 Å². The molecule has 1 aromatic carbocycles. The monoisotopic (exact) mass is 405 g/mol. The molecule has 29 heavy (non-hydrogen) atoms. The number of carbonyl (C=O) groups is 3. The van der Waals surface area contributed by atoms with Crippen molar-refractivity contribution >= 4 is 23.4 Å². The van der Waals surface area contributed by atoms with Gasteiger partial charge in [-0.2, -0.15) is 0 Å². The summed E-state index contributed by atoms with van der Waals surface area (Å²) < 4.78 is 5.21. The van der Waals surface area contributed by atoms with E-state index in [-0.39, 0.29) is 36.3 Å². The van der Waals surface area contributed by atoms with Gasteiger partial charge in [0, 0.05) is 32.0 Å². The predicted octanol–water partition coefficient (Wildman–Crippen LogP) is 1.69. The molecule has 0 saturated carbocycles. The first-order valence-electron chi connectivity index (χ1n) is 9.90. The Labute approximate surface area is 169 Å². The summed E-state index contributed by atoms with van der Waals surface area (Å²) in [6.07, 6.45) is 4.13. The Balaban J connectivity index is 1.75. The third-order valence-corrected chi connectivity index (χ3v) is 5.55. The largest absolute Gasteiger partial charge is 0.504 e. The highest BCUT2D eigenvalue weighted by molar-refractivity contribution is 6.02. The third-order valence-electron chi connectivity index (χ3n) is 5.55. The van der Waals surface area contributed by atoms with Crippen LogP contribution in [-0.4, -0.2) is 52.6 Å². The Morgan fingerprint density at radius 2 is 2.00 bits per heavy atom. The fourth-order valence-electron chi connectivity index (χ4n) is 4.01. The number of hydrogen-bond acceptors (Lipinski definition) is 6. The molecule has 0 aliphatic carbocycles. The van der Waals surface area contributed by atoms with Crippen LogP contribution in [0.3, 0.4) is 0 Å². The van der Waals surface area contributed by atoms with Crippen molar-refractivity contribution in [1.82, 2.24) is 10.4 Å². The second kappa shape index (κ2) is 9.13. The number of ether oxygens (including phenoxy) is 1. The molecule has 1 aromatic rings. The number of carbonyl (C=O) groups excluding carboxylic acids is 3. The number of phenols is 1. The molecule has 0 unspecified atom stereocenters. The first kappa shape index (κ1) is 20.9. The molecule has 3 amide bonds. The minimum absolute atomic E-state index is 0.0223. The molecule has 2 aliphatic rings. The number of nitrogens with zero attached hydrogens (tertiary/aromatic N) is 2. The van der Waals surface area contributed by atoms with Crippen molar-refractivity contribution in [2.24, 2.45) is 0 Å². The van der Waals surface area contributed by atoms with E-state index in [9.17, 15) is 19.5 Å². The summed E-state index contributed by atoms with van der Waals surface area (Å²) in [4.78, 5) is 39.8. The van der Waals surface area contributed by atoms with E-state index in [0.717, 1.165) is 19.3 Å². The van der Waals surface area contributed by atoms with Crippen LogP contribution in [0, 0.1) is 0 Å². The smallest absolute Gasteiger partial charge is 0.249 e. The van der Waals surface area contributed by atoms with E-state index in [1.54, 1.807) is 27.4 Å². The molecule has 0 bridgehead atoms. The number of unbranched alkanes of at least 4 members (excludes halogenated alkanes) is 3. The van der Waals surface area contributed by atoms with Crippen molar-refractivity contribution in [3.63, 3.8) is 0 Å². The first-order valence-corrected chi connectivity index (χ1v) is 9.90. The molecule has 9 heteroatoms. The summed E-state index contributed by atoms with van der Waals surface area (Å²) in [6.45, 7) is 0.763. The zero-order valence-corrected chi connectivity index (χ0v) is 16.5. The summed E-state index contributed by atoms with van der Waals surface area (Å²) in [5, 5.41) is 18.7. The zero-order valence-electron chi connectivity index (χ0n) is 16.5. The van der Waals surface area contributed by atoms with Crippen molar-refractivity contribution in [3.8, 4) is 11.5 Å². The first-order chi connectivity index (χ1) is 14.0. The quantitative estimate of drug-likeness (QED) is 0.344. The number of phenolic OH excluding ortho intramolecular Hbond substituents is 1. The topological polar surface area (TPSA) is 119 Å². The zero-order chi connectivity index (χ0) is 21.0. The fourth-order valence-corrected chi connectivity index (χ4v) is 4.01. The lowest BCUT2D eigenvalue weighted by Crippen LogP contribution is -2.44. The SMILES string of the molecule is COc1cc2c(cc1O)CN1C(=O)CC[C@H]1C(=O)N2CCCCCCC(=O)NO. The molecule has 3 N–H and O–H groups in total. The number of amides is 3. The van der Waals surface area contributed by atoms with E-state index in [1.807, 2.05) is 0 Å². The number of methoxy groups -OCH3 is 1. The lowest BCUT2D eigenvalue weighted by molar-refractivity contribution is -0.134. The van der Waals surface area contributed by atoms with Crippen LogP contribution in [-0.2, 0) is 20.9 Å². The van der Waals surface area contributed by atoms with Gasteiger partial charge in [-0.3, -0.25) is 19.6 Å². The average Bonchev–Trinajstić information content (AvgIpc) is 3.02. The number of aromatic hydroxyl groups is 1. The molecule has 1 atom stereocenters. The van der Waals surface area contributed by atoms with Gasteiger partial charge >= 0.3 is 0 Å². The lowest BCUT2D eigenvalue weighted by atomic mass is 10.1. The Bertz CT molecular complexity index is 797. The van der Waals surface area contributed by atoms with Crippen molar-refractivity contribution in [2.75, 3.05) is 18.6 Å². The Morgan fingerprint density at radius 3 is 2.72 bits per heavy atom. The third kappa shape index (κ3) is 4.45. The number of hydroxylamine groups is 1. The van der Waals surface area contributed by atoms with Gasteiger partial charge in [0.2, 0.25) is 17.7 Å². The van der Waals surface area contributed by atoms with Gasteiger partial charge in [-0.05, 0) is 30.9 Å². The van der Waals surface area contributed by atoms with Crippen LogP contribution in [0.5, 0.6) is 11.5 Å². The fraction of sp³-hybridized carbons (Fsp3) is 0.550. The van der Waals surface area contributed by atoms with E-state index in [0.29, 0.717) is 37.1 Å². The predicted molar refractivity (Wildman–Crippen MR) is 104 cm³/mol.